The Morgan fingerprint density at radius 1 is 0.694 bits per heavy atom. The summed E-state index contributed by atoms with van der Waals surface area (Å²) in [6, 6.07) is 6.36. The first-order chi connectivity index (χ1) is 17.6. The third kappa shape index (κ3) is 16.9. The van der Waals surface area contributed by atoms with Gasteiger partial charge in [0.25, 0.3) is 5.91 Å². The Kier molecular flexibility index (Phi) is 18.5. The Morgan fingerprint density at radius 2 is 1.17 bits per heavy atom. The minimum Gasteiger partial charge on any atom is -0.507 e. The van der Waals surface area contributed by atoms with Gasteiger partial charge in [0.2, 0.25) is 5.91 Å². The number of amides is 2. The predicted octanol–water partition coefficient (Wildman–Crippen LogP) is 6.72. The monoisotopic (exact) mass is 490 g/mol. The van der Waals surface area contributed by atoms with Crippen molar-refractivity contribution in [1.29, 1.82) is 0 Å². The van der Waals surface area contributed by atoms with Crippen molar-refractivity contribution in [3.63, 3.8) is 0 Å². The van der Waals surface area contributed by atoms with Crippen LogP contribution in [-0.2, 0) is 4.79 Å². The molecule has 0 spiro atoms. The van der Waals surface area contributed by atoms with Crippen molar-refractivity contribution in [2.75, 3.05) is 13.1 Å². The lowest BCUT2D eigenvalue weighted by molar-refractivity contribution is -0.120. The van der Waals surface area contributed by atoms with E-state index in [1.54, 1.807) is 18.2 Å². The molecule has 0 saturated carbocycles. The van der Waals surface area contributed by atoms with E-state index in [0.717, 1.165) is 38.5 Å². The molecule has 1 aromatic carbocycles. The smallest absolute Gasteiger partial charge is 0.255 e. The molecule has 3 N–H and O–H groups in total. The Labute approximate surface area is 217 Å². The molecule has 0 unspecified atom stereocenters. The highest BCUT2D eigenvalue weighted by Crippen LogP contribution is 2.14. The first kappa shape index (κ1) is 30.4. The number of hydrogen-bond donors (Lipinski definition) is 3. The molecule has 36 heavy (non-hydrogen) atoms. The van der Waals surface area contributed by atoms with Crippen LogP contribution in [-0.4, -0.2) is 30.0 Å². The number of para-hydroxylation sites is 1. The first-order valence-corrected chi connectivity index (χ1v) is 12.9. The Morgan fingerprint density at radius 3 is 1.69 bits per heavy atom. The minimum absolute atomic E-state index is 0.0497. The van der Waals surface area contributed by atoms with Crippen LogP contribution < -0.4 is 10.6 Å². The van der Waals surface area contributed by atoms with Gasteiger partial charge in [-0.3, -0.25) is 9.59 Å². The van der Waals surface area contributed by atoms with Crippen LogP contribution in [0.5, 0.6) is 5.75 Å². The van der Waals surface area contributed by atoms with Gasteiger partial charge in [0, 0.05) is 19.5 Å². The molecule has 0 radical (unpaired) electrons. The van der Waals surface area contributed by atoms with Crippen LogP contribution >= 0.6 is 0 Å². The summed E-state index contributed by atoms with van der Waals surface area (Å²) >= 11 is 0. The van der Waals surface area contributed by atoms with Crippen LogP contribution in [0.15, 0.2) is 97.2 Å². The van der Waals surface area contributed by atoms with E-state index >= 15 is 0 Å². The van der Waals surface area contributed by atoms with Gasteiger partial charge in [-0.15, -0.1) is 0 Å². The van der Waals surface area contributed by atoms with Crippen LogP contribution in [0, 0.1) is 0 Å². The van der Waals surface area contributed by atoms with Gasteiger partial charge in [0.05, 0.1) is 5.56 Å². The number of carbonyl (C=O) groups is 2. The zero-order chi connectivity index (χ0) is 26.1. The van der Waals surface area contributed by atoms with Crippen LogP contribution in [0.3, 0.4) is 0 Å². The van der Waals surface area contributed by atoms with Crippen LogP contribution in [0.1, 0.15) is 68.6 Å². The van der Waals surface area contributed by atoms with E-state index < -0.39 is 0 Å². The quantitative estimate of drug-likeness (QED) is 0.158. The fourth-order valence-electron chi connectivity index (χ4n) is 3.08. The number of phenolic OH excluding ortho intramolecular Hbond substituents is 1. The Balaban J connectivity index is 1.99. The lowest BCUT2D eigenvalue weighted by atomic mass is 10.2. The number of rotatable bonds is 18. The van der Waals surface area contributed by atoms with Crippen LogP contribution in [0.25, 0.3) is 0 Å². The molecule has 1 aromatic rings. The molecule has 0 aliphatic rings. The summed E-state index contributed by atoms with van der Waals surface area (Å²) in [5, 5.41) is 15.1. The SMILES string of the molecule is CC/C=C/C/C=C/C/C=C/C/C=C/C/C=C/C/C=C/CCC(=O)NCCNC(=O)c1ccccc1O. The molecule has 0 fully saturated rings. The molecule has 2 amide bonds. The van der Waals surface area contributed by atoms with E-state index in [1.165, 1.54) is 6.07 Å². The minimum atomic E-state index is -0.361. The fourth-order valence-corrected chi connectivity index (χ4v) is 3.08. The molecule has 0 heterocycles. The van der Waals surface area contributed by atoms with Gasteiger partial charge in [-0.1, -0.05) is 92.0 Å². The van der Waals surface area contributed by atoms with Crippen molar-refractivity contribution in [1.82, 2.24) is 10.6 Å². The van der Waals surface area contributed by atoms with Crippen LogP contribution in [0.4, 0.5) is 0 Å². The van der Waals surface area contributed by atoms with Gasteiger partial charge < -0.3 is 15.7 Å². The maximum Gasteiger partial charge on any atom is 0.255 e. The molecule has 0 aliphatic carbocycles. The zero-order valence-electron chi connectivity index (χ0n) is 21.6. The van der Waals surface area contributed by atoms with Crippen molar-refractivity contribution in [3.8, 4) is 5.75 Å². The molecule has 194 valence electrons. The molecule has 0 aliphatic heterocycles. The standard InChI is InChI=1S/C31H42N2O3/c1-2-3-4-5-6-7-8-9-10-11-12-13-14-15-16-17-18-19-20-25-30(35)32-26-27-33-31(36)28-23-21-22-24-29(28)34/h3-4,6-7,9-10,12-13,15-16,18-19,21-24,34H,2,5,8,11,14,17,20,25-27H2,1H3,(H,32,35)(H,33,36)/b4-3+,7-6+,10-9+,13-12+,16-15+,19-18+. The van der Waals surface area contributed by atoms with E-state index in [1.807, 2.05) is 6.08 Å². The number of nitrogens with one attached hydrogen (secondary N) is 2. The predicted molar refractivity (Wildman–Crippen MR) is 151 cm³/mol. The Hall–Kier alpha value is -3.60. The molecular formula is C31H42N2O3. The normalized spacial score (nSPS) is 12.2. The van der Waals surface area contributed by atoms with Crippen LogP contribution in [0.2, 0.25) is 0 Å². The average Bonchev–Trinajstić information content (AvgIpc) is 2.88. The summed E-state index contributed by atoms with van der Waals surface area (Å²) in [6.07, 6.45) is 32.8. The molecule has 0 saturated heterocycles. The second-order valence-corrected chi connectivity index (χ2v) is 8.08. The third-order valence-electron chi connectivity index (χ3n) is 5.02. The second-order valence-electron chi connectivity index (χ2n) is 8.08. The molecule has 5 heteroatoms. The summed E-state index contributed by atoms with van der Waals surface area (Å²) in [5.74, 6) is -0.470. The summed E-state index contributed by atoms with van der Waals surface area (Å²) in [5.41, 5.74) is 0.224. The van der Waals surface area contributed by atoms with Gasteiger partial charge in [0.1, 0.15) is 5.75 Å². The van der Waals surface area contributed by atoms with Crippen molar-refractivity contribution in [3.05, 3.63) is 103 Å². The highest BCUT2D eigenvalue weighted by atomic mass is 16.3. The van der Waals surface area contributed by atoms with Gasteiger partial charge in [0.15, 0.2) is 0 Å². The number of hydrogen-bond acceptors (Lipinski definition) is 3. The van der Waals surface area contributed by atoms with Crippen molar-refractivity contribution in [2.45, 2.75) is 58.3 Å². The fraction of sp³-hybridized carbons (Fsp3) is 0.355. The zero-order valence-corrected chi connectivity index (χ0v) is 21.6. The Bertz CT molecular complexity index is 924. The van der Waals surface area contributed by atoms with Gasteiger partial charge >= 0.3 is 0 Å². The number of aromatic hydroxyl groups is 1. The van der Waals surface area contributed by atoms with Crippen molar-refractivity contribution in [2.24, 2.45) is 0 Å². The molecule has 0 aromatic heterocycles. The van der Waals surface area contributed by atoms with Gasteiger partial charge in [-0.25, -0.2) is 0 Å². The topological polar surface area (TPSA) is 78.4 Å². The number of phenols is 1. The largest absolute Gasteiger partial charge is 0.507 e. The molecular weight excluding hydrogens is 448 g/mol. The summed E-state index contributed by atoms with van der Waals surface area (Å²) in [7, 11) is 0. The van der Waals surface area contributed by atoms with E-state index in [4.69, 9.17) is 0 Å². The molecule has 0 bridgehead atoms. The molecule has 0 atom stereocenters. The van der Waals surface area contributed by atoms with E-state index in [2.05, 4.69) is 84.4 Å². The van der Waals surface area contributed by atoms with E-state index in [9.17, 15) is 14.7 Å². The summed E-state index contributed by atoms with van der Waals surface area (Å²) in [6.45, 7) is 2.80. The highest BCUT2D eigenvalue weighted by molar-refractivity contribution is 5.96. The van der Waals surface area contributed by atoms with E-state index in [-0.39, 0.29) is 23.1 Å². The van der Waals surface area contributed by atoms with Crippen molar-refractivity contribution >= 4 is 11.8 Å². The maximum absolute atomic E-state index is 12.0. The number of benzene rings is 1. The average molecular weight is 491 g/mol. The highest BCUT2D eigenvalue weighted by Gasteiger charge is 2.09. The number of allylic oxidation sites excluding steroid dienone is 12. The second kappa shape index (κ2) is 21.9. The summed E-state index contributed by atoms with van der Waals surface area (Å²) in [4.78, 5) is 23.8. The lowest BCUT2D eigenvalue weighted by Gasteiger charge is -2.07. The van der Waals surface area contributed by atoms with Gasteiger partial charge in [-0.2, -0.15) is 0 Å². The van der Waals surface area contributed by atoms with Gasteiger partial charge in [-0.05, 0) is 57.1 Å². The van der Waals surface area contributed by atoms with Crippen molar-refractivity contribution < 1.29 is 14.7 Å². The van der Waals surface area contributed by atoms with E-state index in [0.29, 0.717) is 25.9 Å². The lowest BCUT2D eigenvalue weighted by Crippen LogP contribution is -2.34. The first-order valence-electron chi connectivity index (χ1n) is 12.9. The number of carbonyl (C=O) groups excluding carboxylic acids is 2. The summed E-state index contributed by atoms with van der Waals surface area (Å²) < 4.78 is 0. The maximum atomic E-state index is 12.0. The molecule has 1 rings (SSSR count). The third-order valence-corrected chi connectivity index (χ3v) is 5.02. The molecule has 5 nitrogen and oxygen atoms in total.